The monoisotopic (exact) mass is 409 g/mol. The molecule has 0 atom stereocenters. The van der Waals surface area contributed by atoms with Crippen LogP contribution in [-0.2, 0) is 22.6 Å². The van der Waals surface area contributed by atoms with Crippen molar-refractivity contribution in [2.45, 2.75) is 78.4 Å². The van der Waals surface area contributed by atoms with E-state index in [2.05, 4.69) is 44.7 Å². The van der Waals surface area contributed by atoms with Gasteiger partial charge in [-0.3, -0.25) is 19.7 Å². The summed E-state index contributed by atoms with van der Waals surface area (Å²) in [5.74, 6) is 0.404. The quantitative estimate of drug-likeness (QED) is 0.606. The Hall–Kier alpha value is -2.27. The zero-order chi connectivity index (χ0) is 21.7. The van der Waals surface area contributed by atoms with Crippen molar-refractivity contribution in [3.8, 4) is 0 Å². The van der Waals surface area contributed by atoms with Gasteiger partial charge in [-0.05, 0) is 68.2 Å². The summed E-state index contributed by atoms with van der Waals surface area (Å²) < 4.78 is 4.97. The molecule has 1 saturated carbocycles. The van der Waals surface area contributed by atoms with Gasteiger partial charge >= 0.3 is 5.97 Å². The number of aryl methyl sites for hydroxylation is 2. The number of esters is 1. The molecule has 5 heteroatoms. The van der Waals surface area contributed by atoms with Gasteiger partial charge < -0.3 is 4.74 Å². The van der Waals surface area contributed by atoms with Crippen LogP contribution in [0.25, 0.3) is 0 Å². The lowest BCUT2D eigenvalue weighted by Gasteiger charge is -2.36. The van der Waals surface area contributed by atoms with Crippen molar-refractivity contribution in [3.63, 3.8) is 0 Å². The summed E-state index contributed by atoms with van der Waals surface area (Å²) >= 11 is 0. The third-order valence-electron chi connectivity index (χ3n) is 6.32. The first-order valence-electron chi connectivity index (χ1n) is 11.1. The first kappa shape index (κ1) is 22.4. The molecule has 0 N–H and O–H groups in total. The molecular formula is C25H35N3O2. The highest BCUT2D eigenvalue weighted by atomic mass is 16.5. The van der Waals surface area contributed by atoms with Gasteiger partial charge in [0.25, 0.3) is 0 Å². The van der Waals surface area contributed by atoms with E-state index in [1.54, 1.807) is 0 Å². The van der Waals surface area contributed by atoms with Crippen LogP contribution in [0, 0.1) is 19.8 Å². The van der Waals surface area contributed by atoms with E-state index in [0.29, 0.717) is 12.0 Å². The second-order valence-electron chi connectivity index (χ2n) is 8.90. The summed E-state index contributed by atoms with van der Waals surface area (Å²) in [7, 11) is 1.49. The maximum absolute atomic E-state index is 12.0. The van der Waals surface area contributed by atoms with Gasteiger partial charge in [-0.1, -0.05) is 26.0 Å². The van der Waals surface area contributed by atoms with Gasteiger partial charge in [-0.2, -0.15) is 0 Å². The Kier molecular flexibility index (Phi) is 7.59. The Labute approximate surface area is 180 Å². The van der Waals surface area contributed by atoms with Crippen LogP contribution in [0.1, 0.15) is 73.5 Å². The molecule has 0 bridgehead atoms. The van der Waals surface area contributed by atoms with Gasteiger partial charge in [0, 0.05) is 31.5 Å². The standard InChI is InChI=1S/C25H35N3O2/c1-17(2)22-7-6-12-26-24(22)16-28(15-23-19(4)13-18(3)14-27-23)21-10-8-20(9-11-21)25(29)30-5/h6-7,12-14,17,20-21H,8-11,15-16H2,1-5H3. The summed E-state index contributed by atoms with van der Waals surface area (Å²) in [6.45, 7) is 10.3. The van der Waals surface area contributed by atoms with Gasteiger partial charge in [0.2, 0.25) is 0 Å². The van der Waals surface area contributed by atoms with Crippen LogP contribution in [0.4, 0.5) is 0 Å². The van der Waals surface area contributed by atoms with E-state index >= 15 is 0 Å². The molecule has 0 radical (unpaired) electrons. The number of hydrogen-bond donors (Lipinski definition) is 0. The smallest absolute Gasteiger partial charge is 0.308 e. The molecule has 0 aromatic carbocycles. The highest BCUT2D eigenvalue weighted by molar-refractivity contribution is 5.72. The van der Waals surface area contributed by atoms with Crippen molar-refractivity contribution < 1.29 is 9.53 Å². The number of carbonyl (C=O) groups is 1. The zero-order valence-corrected chi connectivity index (χ0v) is 19.0. The van der Waals surface area contributed by atoms with E-state index < -0.39 is 0 Å². The molecule has 2 aromatic heterocycles. The third-order valence-corrected chi connectivity index (χ3v) is 6.32. The summed E-state index contributed by atoms with van der Waals surface area (Å²) in [4.78, 5) is 24.0. The summed E-state index contributed by atoms with van der Waals surface area (Å²) in [6, 6.07) is 6.83. The maximum Gasteiger partial charge on any atom is 0.308 e. The second kappa shape index (κ2) is 10.2. The minimum Gasteiger partial charge on any atom is -0.469 e. The van der Waals surface area contributed by atoms with Gasteiger partial charge in [0.15, 0.2) is 0 Å². The Balaban J connectivity index is 1.83. The number of hydrogen-bond acceptors (Lipinski definition) is 5. The van der Waals surface area contributed by atoms with Gasteiger partial charge in [-0.25, -0.2) is 0 Å². The predicted molar refractivity (Wildman–Crippen MR) is 119 cm³/mol. The van der Waals surface area contributed by atoms with Crippen LogP contribution in [0.3, 0.4) is 0 Å². The fraction of sp³-hybridized carbons (Fsp3) is 0.560. The minimum absolute atomic E-state index is 0.0356. The van der Waals surface area contributed by atoms with Crippen molar-refractivity contribution >= 4 is 5.97 Å². The maximum atomic E-state index is 12.0. The zero-order valence-electron chi connectivity index (χ0n) is 19.0. The minimum atomic E-state index is -0.0668. The topological polar surface area (TPSA) is 55.3 Å². The van der Waals surface area contributed by atoms with Crippen LogP contribution >= 0.6 is 0 Å². The molecule has 0 unspecified atom stereocenters. The normalized spacial score (nSPS) is 19.3. The van der Waals surface area contributed by atoms with Crippen molar-refractivity contribution in [1.82, 2.24) is 14.9 Å². The molecular weight excluding hydrogens is 374 g/mol. The van der Waals surface area contributed by atoms with Crippen LogP contribution in [0.15, 0.2) is 30.6 Å². The molecule has 3 rings (SSSR count). The third kappa shape index (κ3) is 5.45. The molecule has 30 heavy (non-hydrogen) atoms. The molecule has 2 aromatic rings. The number of aromatic nitrogens is 2. The molecule has 5 nitrogen and oxygen atoms in total. The van der Waals surface area contributed by atoms with E-state index in [1.165, 1.54) is 23.8 Å². The average Bonchev–Trinajstić information content (AvgIpc) is 2.74. The largest absolute Gasteiger partial charge is 0.469 e. The SMILES string of the molecule is COC(=O)C1CCC(N(Cc2ncc(C)cc2C)Cc2ncccc2C(C)C)CC1. The van der Waals surface area contributed by atoms with E-state index in [9.17, 15) is 4.79 Å². The molecule has 0 amide bonds. The molecule has 0 aliphatic heterocycles. The Bertz CT molecular complexity index is 857. The lowest BCUT2D eigenvalue weighted by Crippen LogP contribution is -2.39. The van der Waals surface area contributed by atoms with Crippen molar-refractivity contribution in [3.05, 3.63) is 58.7 Å². The summed E-state index contributed by atoms with van der Waals surface area (Å²) in [6.07, 6.45) is 7.60. The Morgan fingerprint density at radius 1 is 1.13 bits per heavy atom. The van der Waals surface area contributed by atoms with Gasteiger partial charge in [0.1, 0.15) is 0 Å². The number of ether oxygens (including phenoxy) is 1. The van der Waals surface area contributed by atoms with Crippen molar-refractivity contribution in [2.24, 2.45) is 5.92 Å². The molecule has 0 saturated heterocycles. The first-order chi connectivity index (χ1) is 14.4. The van der Waals surface area contributed by atoms with Crippen molar-refractivity contribution in [1.29, 1.82) is 0 Å². The Morgan fingerprint density at radius 2 is 1.83 bits per heavy atom. The van der Waals surface area contributed by atoms with Crippen LogP contribution in [-0.4, -0.2) is 34.0 Å². The fourth-order valence-corrected chi connectivity index (χ4v) is 4.56. The fourth-order valence-electron chi connectivity index (χ4n) is 4.56. The van der Waals surface area contributed by atoms with E-state index in [4.69, 9.17) is 14.7 Å². The number of carbonyl (C=O) groups excluding carboxylic acids is 1. The van der Waals surface area contributed by atoms with E-state index in [-0.39, 0.29) is 11.9 Å². The number of nitrogens with zero attached hydrogens (tertiary/aromatic N) is 3. The highest BCUT2D eigenvalue weighted by Gasteiger charge is 2.31. The van der Waals surface area contributed by atoms with Crippen molar-refractivity contribution in [2.75, 3.05) is 7.11 Å². The van der Waals surface area contributed by atoms with E-state index in [0.717, 1.165) is 50.2 Å². The molecule has 1 aliphatic rings. The lowest BCUT2D eigenvalue weighted by atomic mass is 9.85. The summed E-state index contributed by atoms with van der Waals surface area (Å²) in [5.41, 5.74) is 5.99. The average molecular weight is 410 g/mol. The number of rotatable bonds is 7. The Morgan fingerprint density at radius 3 is 2.47 bits per heavy atom. The molecule has 0 spiro atoms. The predicted octanol–water partition coefficient (Wildman–Crippen LogP) is 4.95. The van der Waals surface area contributed by atoms with Crippen LogP contribution in [0.5, 0.6) is 0 Å². The number of pyridine rings is 2. The van der Waals surface area contributed by atoms with Gasteiger partial charge in [0.05, 0.1) is 24.4 Å². The molecule has 1 aliphatic carbocycles. The van der Waals surface area contributed by atoms with E-state index in [1.807, 2.05) is 18.5 Å². The van der Waals surface area contributed by atoms with Crippen LogP contribution < -0.4 is 0 Å². The molecule has 2 heterocycles. The first-order valence-corrected chi connectivity index (χ1v) is 11.1. The highest BCUT2D eigenvalue weighted by Crippen LogP contribution is 2.31. The molecule has 1 fully saturated rings. The van der Waals surface area contributed by atoms with Gasteiger partial charge in [-0.15, -0.1) is 0 Å². The second-order valence-corrected chi connectivity index (χ2v) is 8.90. The number of methoxy groups -OCH3 is 1. The summed E-state index contributed by atoms with van der Waals surface area (Å²) in [5, 5.41) is 0. The molecule has 162 valence electrons. The lowest BCUT2D eigenvalue weighted by molar-refractivity contribution is -0.147. The van der Waals surface area contributed by atoms with Crippen LogP contribution in [0.2, 0.25) is 0 Å².